The Bertz CT molecular complexity index is 684. The highest BCUT2D eigenvalue weighted by Gasteiger charge is 2.21. The first-order valence-corrected chi connectivity index (χ1v) is 8.46. The van der Waals surface area contributed by atoms with Gasteiger partial charge in [-0.25, -0.2) is 9.97 Å². The Kier molecular flexibility index (Phi) is 4.87. The lowest BCUT2D eigenvalue weighted by Gasteiger charge is -2.35. The minimum Gasteiger partial charge on any atom is -0.497 e. The Hall–Kier alpha value is -1.59. The van der Waals surface area contributed by atoms with Gasteiger partial charge in [-0.05, 0) is 50.4 Å². The van der Waals surface area contributed by atoms with E-state index < -0.39 is 0 Å². The van der Waals surface area contributed by atoms with Crippen molar-refractivity contribution in [1.29, 1.82) is 0 Å². The second-order valence-corrected chi connectivity index (χ2v) is 6.61. The molecule has 1 aromatic carbocycles. The Morgan fingerprint density at radius 3 is 2.65 bits per heavy atom. The SMILES string of the molecule is COc1ccc2c(NC3CCN(C(C)C)CC3)nc(Cl)nc2c1. The molecular weight excluding hydrogens is 312 g/mol. The third-order valence-electron chi connectivity index (χ3n) is 4.48. The molecule has 0 spiro atoms. The fraction of sp³-hybridized carbons (Fsp3) is 0.529. The molecule has 2 aromatic rings. The summed E-state index contributed by atoms with van der Waals surface area (Å²) in [6.45, 7) is 6.72. The third-order valence-corrected chi connectivity index (χ3v) is 4.65. The van der Waals surface area contributed by atoms with Gasteiger partial charge in [0.15, 0.2) is 0 Å². The lowest BCUT2D eigenvalue weighted by molar-refractivity contribution is 0.177. The van der Waals surface area contributed by atoms with Crippen molar-refractivity contribution >= 4 is 28.3 Å². The highest BCUT2D eigenvalue weighted by molar-refractivity contribution is 6.28. The second-order valence-electron chi connectivity index (χ2n) is 6.27. The molecule has 2 heterocycles. The van der Waals surface area contributed by atoms with Crippen LogP contribution in [0.25, 0.3) is 10.9 Å². The number of nitrogens with zero attached hydrogens (tertiary/aromatic N) is 3. The van der Waals surface area contributed by atoms with E-state index in [0.29, 0.717) is 12.1 Å². The standard InChI is InChI=1S/C17H23ClN4O/c1-11(2)22-8-6-12(7-9-22)19-16-14-5-4-13(23-3)10-15(14)20-17(18)21-16/h4-5,10-12H,6-9H2,1-3H3,(H,19,20,21). The lowest BCUT2D eigenvalue weighted by Crippen LogP contribution is -2.42. The first-order valence-electron chi connectivity index (χ1n) is 8.08. The normalized spacial score (nSPS) is 16.9. The zero-order chi connectivity index (χ0) is 16.4. The summed E-state index contributed by atoms with van der Waals surface area (Å²) in [5.41, 5.74) is 0.798. The van der Waals surface area contributed by atoms with Crippen molar-refractivity contribution in [2.45, 2.75) is 38.8 Å². The molecule has 0 aliphatic carbocycles. The molecule has 5 nitrogen and oxygen atoms in total. The van der Waals surface area contributed by atoms with Gasteiger partial charge in [0.05, 0.1) is 12.6 Å². The van der Waals surface area contributed by atoms with Gasteiger partial charge in [-0.15, -0.1) is 0 Å². The summed E-state index contributed by atoms with van der Waals surface area (Å²) >= 11 is 6.09. The third kappa shape index (κ3) is 3.67. The van der Waals surface area contributed by atoms with Crippen LogP contribution in [0.15, 0.2) is 18.2 Å². The van der Waals surface area contributed by atoms with Crippen LogP contribution in [-0.4, -0.2) is 47.2 Å². The highest BCUT2D eigenvalue weighted by Crippen LogP contribution is 2.27. The number of anilines is 1. The van der Waals surface area contributed by atoms with Gasteiger partial charge in [0.1, 0.15) is 11.6 Å². The van der Waals surface area contributed by atoms with Crippen LogP contribution in [0, 0.1) is 0 Å². The zero-order valence-electron chi connectivity index (χ0n) is 13.8. The monoisotopic (exact) mass is 334 g/mol. The van der Waals surface area contributed by atoms with Crippen LogP contribution in [0.4, 0.5) is 5.82 Å². The second kappa shape index (κ2) is 6.89. The predicted molar refractivity (Wildman–Crippen MR) is 94.5 cm³/mol. The summed E-state index contributed by atoms with van der Waals surface area (Å²) in [4.78, 5) is 11.2. The van der Waals surface area contributed by atoms with Gasteiger partial charge in [0, 0.05) is 36.6 Å². The Balaban J connectivity index is 1.80. The van der Waals surface area contributed by atoms with E-state index >= 15 is 0 Å². The average molecular weight is 335 g/mol. The topological polar surface area (TPSA) is 50.3 Å². The number of fused-ring (bicyclic) bond motifs is 1. The molecule has 1 N–H and O–H groups in total. The van der Waals surface area contributed by atoms with Crippen molar-refractivity contribution < 1.29 is 4.74 Å². The van der Waals surface area contributed by atoms with Crippen LogP contribution in [-0.2, 0) is 0 Å². The minimum atomic E-state index is 0.257. The summed E-state index contributed by atoms with van der Waals surface area (Å²) in [5, 5.41) is 4.79. The predicted octanol–water partition coefficient (Wildman–Crippen LogP) is 3.58. The quantitative estimate of drug-likeness (QED) is 0.866. The molecule has 0 saturated carbocycles. The summed E-state index contributed by atoms with van der Waals surface area (Å²) in [6, 6.07) is 6.82. The highest BCUT2D eigenvalue weighted by atomic mass is 35.5. The molecule has 1 fully saturated rings. The van der Waals surface area contributed by atoms with Crippen molar-refractivity contribution in [3.05, 3.63) is 23.5 Å². The van der Waals surface area contributed by atoms with Gasteiger partial charge in [0.25, 0.3) is 0 Å². The van der Waals surface area contributed by atoms with Crippen LogP contribution in [0.3, 0.4) is 0 Å². The molecular formula is C17H23ClN4O. The van der Waals surface area contributed by atoms with Gasteiger partial charge in [-0.3, -0.25) is 0 Å². The number of hydrogen-bond acceptors (Lipinski definition) is 5. The largest absolute Gasteiger partial charge is 0.497 e. The van der Waals surface area contributed by atoms with Gasteiger partial charge in [0.2, 0.25) is 5.28 Å². The molecule has 124 valence electrons. The van der Waals surface area contributed by atoms with E-state index in [-0.39, 0.29) is 5.28 Å². The van der Waals surface area contributed by atoms with E-state index in [9.17, 15) is 0 Å². The smallest absolute Gasteiger partial charge is 0.224 e. The fourth-order valence-corrected chi connectivity index (χ4v) is 3.25. The number of halogens is 1. The zero-order valence-corrected chi connectivity index (χ0v) is 14.6. The van der Waals surface area contributed by atoms with E-state index in [1.165, 1.54) is 0 Å². The summed E-state index contributed by atoms with van der Waals surface area (Å²) in [5.74, 6) is 1.58. The van der Waals surface area contributed by atoms with Crippen LogP contribution < -0.4 is 10.1 Å². The molecule has 1 aliphatic rings. The molecule has 3 rings (SSSR count). The average Bonchev–Trinajstić information content (AvgIpc) is 2.54. The molecule has 0 unspecified atom stereocenters. The van der Waals surface area contributed by atoms with Crippen LogP contribution in [0.2, 0.25) is 5.28 Å². The molecule has 1 saturated heterocycles. The van der Waals surface area contributed by atoms with Crippen LogP contribution in [0.1, 0.15) is 26.7 Å². The number of likely N-dealkylation sites (tertiary alicyclic amines) is 1. The van der Waals surface area contributed by atoms with Gasteiger partial charge < -0.3 is 15.0 Å². The molecule has 23 heavy (non-hydrogen) atoms. The van der Waals surface area contributed by atoms with Crippen molar-refractivity contribution in [2.75, 3.05) is 25.5 Å². The summed E-state index contributed by atoms with van der Waals surface area (Å²) in [6.07, 6.45) is 2.22. The lowest BCUT2D eigenvalue weighted by atomic mass is 10.0. The Labute approximate surface area is 142 Å². The number of aromatic nitrogens is 2. The van der Waals surface area contributed by atoms with Gasteiger partial charge in [-0.1, -0.05) is 0 Å². The van der Waals surface area contributed by atoms with Crippen LogP contribution in [0.5, 0.6) is 5.75 Å². The molecule has 0 atom stereocenters. The number of ether oxygens (including phenoxy) is 1. The maximum Gasteiger partial charge on any atom is 0.224 e. The molecule has 0 amide bonds. The first kappa shape index (κ1) is 16.3. The summed E-state index contributed by atoms with van der Waals surface area (Å²) in [7, 11) is 1.64. The molecule has 1 aromatic heterocycles. The maximum atomic E-state index is 6.09. The maximum absolute atomic E-state index is 6.09. The van der Waals surface area contributed by atoms with Crippen LogP contribution >= 0.6 is 11.6 Å². The van der Waals surface area contributed by atoms with E-state index in [0.717, 1.165) is 48.4 Å². The van der Waals surface area contributed by atoms with Crippen molar-refractivity contribution in [2.24, 2.45) is 0 Å². The number of methoxy groups -OCH3 is 1. The number of piperidine rings is 1. The number of benzene rings is 1. The number of rotatable bonds is 4. The van der Waals surface area contributed by atoms with Gasteiger partial charge >= 0.3 is 0 Å². The van der Waals surface area contributed by atoms with E-state index in [4.69, 9.17) is 16.3 Å². The number of hydrogen-bond donors (Lipinski definition) is 1. The van der Waals surface area contributed by atoms with Crippen molar-refractivity contribution in [3.8, 4) is 5.75 Å². The molecule has 1 aliphatic heterocycles. The van der Waals surface area contributed by atoms with E-state index in [1.807, 2.05) is 18.2 Å². The van der Waals surface area contributed by atoms with Gasteiger partial charge in [-0.2, -0.15) is 0 Å². The Morgan fingerprint density at radius 2 is 2.00 bits per heavy atom. The minimum absolute atomic E-state index is 0.257. The van der Waals surface area contributed by atoms with Crippen molar-refractivity contribution in [3.63, 3.8) is 0 Å². The van der Waals surface area contributed by atoms with Crippen molar-refractivity contribution in [1.82, 2.24) is 14.9 Å². The molecule has 6 heteroatoms. The van der Waals surface area contributed by atoms with E-state index in [1.54, 1.807) is 7.11 Å². The number of nitrogens with one attached hydrogen (secondary N) is 1. The molecule has 0 radical (unpaired) electrons. The molecule has 0 bridgehead atoms. The first-order chi connectivity index (χ1) is 11.1. The summed E-state index contributed by atoms with van der Waals surface area (Å²) < 4.78 is 5.26. The Morgan fingerprint density at radius 1 is 1.26 bits per heavy atom. The van der Waals surface area contributed by atoms with E-state index in [2.05, 4.69) is 34.0 Å². The fourth-order valence-electron chi connectivity index (χ4n) is 3.07.